The van der Waals surface area contributed by atoms with Crippen LogP contribution in [0.5, 0.6) is 5.75 Å². The van der Waals surface area contributed by atoms with Gasteiger partial charge < -0.3 is 23.7 Å². The number of para-hydroxylation sites is 1. The molecule has 0 bridgehead atoms. The molecule has 128 valence electrons. The number of benzene rings is 1. The van der Waals surface area contributed by atoms with Crippen LogP contribution < -0.4 is 4.74 Å². The molecule has 1 spiro atoms. The van der Waals surface area contributed by atoms with Gasteiger partial charge in [0, 0.05) is 25.9 Å². The molecule has 2 aliphatic heterocycles. The van der Waals surface area contributed by atoms with E-state index in [1.807, 2.05) is 49.1 Å². The molecule has 1 unspecified atom stereocenters. The smallest absolute Gasteiger partial charge is 0.332 e. The lowest BCUT2D eigenvalue weighted by Crippen LogP contribution is -2.48. The summed E-state index contributed by atoms with van der Waals surface area (Å²) in [5.74, 6) is 0.322. The molecular weight excluding hydrogens is 315 g/mol. The molecule has 0 radical (unpaired) electrons. The molecule has 0 saturated carbocycles. The van der Waals surface area contributed by atoms with E-state index in [4.69, 9.17) is 18.8 Å². The number of hydrogen-bond donors (Lipinski definition) is 0. The minimum atomic E-state index is -0.407. The van der Waals surface area contributed by atoms with Crippen LogP contribution in [-0.4, -0.2) is 43.0 Å². The number of likely N-dealkylation sites (tertiary alicyclic amines) is 1. The van der Waals surface area contributed by atoms with Crippen molar-refractivity contribution in [2.75, 3.05) is 26.3 Å². The Morgan fingerprint density at radius 3 is 2.30 bits per heavy atom. The standard InChI is InChI=1S/C14H19N2O4P.C2H6/c21-20-15-13(19-12-4-2-1-3-5-12)16-8-6-14(7-9-16)17-10-11-18-14;1-2/h1-5H,6-11,21H2;1-2H3/b15-13-;. The van der Waals surface area contributed by atoms with Crippen molar-refractivity contribution in [1.82, 2.24) is 4.90 Å². The lowest BCUT2D eigenvalue weighted by atomic mass is 10.0. The maximum Gasteiger partial charge on any atom is 0.332 e. The van der Waals surface area contributed by atoms with Gasteiger partial charge in [-0.1, -0.05) is 32.0 Å². The third-order valence-electron chi connectivity index (χ3n) is 3.69. The molecule has 0 aliphatic carbocycles. The molecule has 0 N–H and O–H groups in total. The van der Waals surface area contributed by atoms with Crippen molar-refractivity contribution >= 4 is 15.5 Å². The largest absolute Gasteiger partial charge is 0.424 e. The summed E-state index contributed by atoms with van der Waals surface area (Å²) in [5.41, 5.74) is 0. The molecular formula is C16H25N2O4P. The molecule has 1 aromatic rings. The van der Waals surface area contributed by atoms with E-state index in [1.54, 1.807) is 0 Å². The van der Waals surface area contributed by atoms with Crippen molar-refractivity contribution in [1.29, 1.82) is 0 Å². The average Bonchev–Trinajstić information content (AvgIpc) is 3.06. The van der Waals surface area contributed by atoms with Gasteiger partial charge in [-0.3, -0.25) is 0 Å². The molecule has 2 heterocycles. The maximum atomic E-state index is 5.80. The number of ether oxygens (including phenoxy) is 3. The topological polar surface area (TPSA) is 52.5 Å². The van der Waals surface area contributed by atoms with Crippen molar-refractivity contribution in [3.63, 3.8) is 0 Å². The molecule has 0 amide bonds. The third-order valence-corrected chi connectivity index (χ3v) is 3.80. The van der Waals surface area contributed by atoms with Gasteiger partial charge in [-0.05, 0) is 17.3 Å². The molecule has 7 heteroatoms. The fraction of sp³-hybridized carbons (Fsp3) is 0.562. The van der Waals surface area contributed by atoms with E-state index in [-0.39, 0.29) is 0 Å². The SMILES string of the molecule is CC.PO/N=C(\Oc1ccccc1)N1CCC2(CC1)OCCO2. The van der Waals surface area contributed by atoms with E-state index in [2.05, 4.69) is 14.6 Å². The summed E-state index contributed by atoms with van der Waals surface area (Å²) in [5, 5.41) is 3.96. The van der Waals surface area contributed by atoms with Crippen molar-refractivity contribution in [3.8, 4) is 5.75 Å². The van der Waals surface area contributed by atoms with E-state index >= 15 is 0 Å². The van der Waals surface area contributed by atoms with Crippen molar-refractivity contribution in [2.24, 2.45) is 5.16 Å². The fourth-order valence-electron chi connectivity index (χ4n) is 2.60. The second kappa shape index (κ2) is 9.06. The summed E-state index contributed by atoms with van der Waals surface area (Å²) in [6.45, 7) is 6.85. The van der Waals surface area contributed by atoms with Crippen LogP contribution in [0.2, 0.25) is 0 Å². The van der Waals surface area contributed by atoms with Crippen LogP contribution in [0.3, 0.4) is 0 Å². The number of nitrogens with zero attached hydrogens (tertiary/aromatic N) is 2. The van der Waals surface area contributed by atoms with Gasteiger partial charge in [0.25, 0.3) is 0 Å². The van der Waals surface area contributed by atoms with Crippen molar-refractivity contribution in [2.45, 2.75) is 32.5 Å². The zero-order chi connectivity index (χ0) is 16.5. The van der Waals surface area contributed by atoms with Crippen molar-refractivity contribution < 1.29 is 18.8 Å². The number of amidine groups is 1. The second-order valence-corrected chi connectivity index (χ2v) is 5.20. The van der Waals surface area contributed by atoms with Gasteiger partial charge in [0.15, 0.2) is 5.79 Å². The summed E-state index contributed by atoms with van der Waals surface area (Å²) in [7, 11) is 2.11. The summed E-state index contributed by atoms with van der Waals surface area (Å²) in [4.78, 5) is 2.04. The summed E-state index contributed by atoms with van der Waals surface area (Å²) in [6, 6.07) is 9.98. The zero-order valence-corrected chi connectivity index (χ0v) is 14.9. The Morgan fingerprint density at radius 1 is 1.13 bits per heavy atom. The van der Waals surface area contributed by atoms with E-state index in [0.717, 1.165) is 31.7 Å². The van der Waals surface area contributed by atoms with E-state index < -0.39 is 5.79 Å². The first-order valence-electron chi connectivity index (χ1n) is 8.01. The van der Waals surface area contributed by atoms with E-state index in [9.17, 15) is 0 Å². The van der Waals surface area contributed by atoms with Crippen LogP contribution in [0.4, 0.5) is 0 Å². The Hall–Kier alpha value is -1.36. The third kappa shape index (κ3) is 4.80. The number of hydrogen-bond acceptors (Lipinski definition) is 5. The van der Waals surface area contributed by atoms with Gasteiger partial charge in [0.2, 0.25) is 0 Å². The number of oxime groups is 1. The summed E-state index contributed by atoms with van der Waals surface area (Å²) < 4.78 is 22.1. The van der Waals surface area contributed by atoms with Crippen LogP contribution in [0.15, 0.2) is 35.5 Å². The van der Waals surface area contributed by atoms with Gasteiger partial charge in [-0.25, -0.2) is 0 Å². The predicted octanol–water partition coefficient (Wildman–Crippen LogP) is 3.01. The first-order chi connectivity index (χ1) is 11.3. The minimum absolute atomic E-state index is 0.407. The van der Waals surface area contributed by atoms with Gasteiger partial charge in [-0.15, -0.1) is 0 Å². The molecule has 6 nitrogen and oxygen atoms in total. The highest BCUT2D eigenvalue weighted by Crippen LogP contribution is 2.31. The van der Waals surface area contributed by atoms with Crippen molar-refractivity contribution in [3.05, 3.63) is 30.3 Å². The normalized spacial score (nSPS) is 20.0. The van der Waals surface area contributed by atoms with Gasteiger partial charge >= 0.3 is 6.02 Å². The number of rotatable bonds is 2. The monoisotopic (exact) mass is 340 g/mol. The number of piperidine rings is 1. The second-order valence-electron chi connectivity index (χ2n) is 4.99. The highest BCUT2D eigenvalue weighted by atomic mass is 31.0. The van der Waals surface area contributed by atoms with Crippen LogP contribution >= 0.6 is 9.47 Å². The molecule has 2 aliphatic rings. The summed E-state index contributed by atoms with van der Waals surface area (Å²) in [6.07, 6.45) is 1.59. The Balaban J connectivity index is 0.000000924. The molecule has 2 fully saturated rings. The lowest BCUT2D eigenvalue weighted by molar-refractivity contribution is -0.181. The molecule has 1 atom stereocenters. The molecule has 0 aromatic heterocycles. The lowest BCUT2D eigenvalue weighted by Gasteiger charge is -2.37. The highest BCUT2D eigenvalue weighted by Gasteiger charge is 2.40. The molecule has 3 rings (SSSR count). The van der Waals surface area contributed by atoms with Crippen LogP contribution in [0.1, 0.15) is 26.7 Å². The predicted molar refractivity (Wildman–Crippen MR) is 92.1 cm³/mol. The Bertz CT molecular complexity index is 482. The van der Waals surface area contributed by atoms with E-state index in [1.165, 1.54) is 0 Å². The zero-order valence-electron chi connectivity index (χ0n) is 13.7. The molecule has 1 aromatic carbocycles. The van der Waals surface area contributed by atoms with E-state index in [0.29, 0.717) is 19.2 Å². The van der Waals surface area contributed by atoms with Gasteiger partial charge in [0.1, 0.15) is 5.75 Å². The van der Waals surface area contributed by atoms with Crippen LogP contribution in [-0.2, 0) is 14.1 Å². The van der Waals surface area contributed by atoms with Crippen LogP contribution in [0, 0.1) is 0 Å². The van der Waals surface area contributed by atoms with Crippen LogP contribution in [0.25, 0.3) is 0 Å². The molecule has 2 saturated heterocycles. The maximum absolute atomic E-state index is 5.80. The average molecular weight is 340 g/mol. The minimum Gasteiger partial charge on any atom is -0.424 e. The fourth-order valence-corrected chi connectivity index (χ4v) is 2.69. The first-order valence-corrected chi connectivity index (χ1v) is 8.48. The Labute approximate surface area is 140 Å². The van der Waals surface area contributed by atoms with Gasteiger partial charge in [0.05, 0.1) is 22.7 Å². The first kappa shape index (κ1) is 18.0. The quantitative estimate of drug-likeness (QED) is 0.358. The molecule has 23 heavy (non-hydrogen) atoms. The summed E-state index contributed by atoms with van der Waals surface area (Å²) >= 11 is 0. The van der Waals surface area contributed by atoms with Gasteiger partial charge in [-0.2, -0.15) is 0 Å². The Morgan fingerprint density at radius 2 is 1.74 bits per heavy atom. The Kier molecular flexibility index (Phi) is 7.09. The highest BCUT2D eigenvalue weighted by molar-refractivity contribution is 7.09.